The van der Waals surface area contributed by atoms with E-state index >= 15 is 0 Å². The van der Waals surface area contributed by atoms with Crippen LogP contribution in [0.2, 0.25) is 0 Å². The summed E-state index contributed by atoms with van der Waals surface area (Å²) in [7, 11) is 1.46. The molecular weight excluding hydrogens is 344 g/mol. The minimum Gasteiger partial charge on any atom is -0.493 e. The molecule has 7 heteroatoms. The molecule has 0 saturated carbocycles. The average molecular weight is 356 g/mol. The van der Waals surface area contributed by atoms with Crippen LogP contribution in [0.1, 0.15) is 20.9 Å². The van der Waals surface area contributed by atoms with E-state index in [1.807, 2.05) is 22.9 Å². The highest BCUT2D eigenvalue weighted by Gasteiger charge is 2.20. The second-order valence-corrected chi connectivity index (χ2v) is 6.59. The molecule has 1 aromatic carbocycles. The van der Waals surface area contributed by atoms with Gasteiger partial charge < -0.3 is 9.47 Å². The summed E-state index contributed by atoms with van der Waals surface area (Å²) in [6, 6.07) is 8.62. The van der Waals surface area contributed by atoms with Crippen LogP contribution in [0.3, 0.4) is 0 Å². The van der Waals surface area contributed by atoms with Gasteiger partial charge in [0, 0.05) is 17.0 Å². The predicted octanol–water partition coefficient (Wildman–Crippen LogP) is 4.28. The quantitative estimate of drug-likeness (QED) is 0.515. The fourth-order valence-electron chi connectivity index (χ4n) is 2.06. The first-order valence-electron chi connectivity index (χ1n) is 6.92. The third-order valence-electron chi connectivity index (χ3n) is 3.25. The third-order valence-corrected chi connectivity index (χ3v) is 5.12. The Morgan fingerprint density at radius 3 is 2.79 bits per heavy atom. The number of esters is 1. The van der Waals surface area contributed by atoms with Crippen molar-refractivity contribution in [2.75, 3.05) is 7.11 Å². The summed E-state index contributed by atoms with van der Waals surface area (Å²) in [5.74, 6) is 0.114. The number of hydrogen-bond acceptors (Lipinski definition) is 7. The number of ether oxygens (including phenoxy) is 2. The van der Waals surface area contributed by atoms with Gasteiger partial charge in [0.05, 0.1) is 24.4 Å². The summed E-state index contributed by atoms with van der Waals surface area (Å²) in [5.41, 5.74) is 2.04. The number of benzene rings is 1. The van der Waals surface area contributed by atoms with Gasteiger partial charge in [-0.25, -0.2) is 9.78 Å². The van der Waals surface area contributed by atoms with E-state index < -0.39 is 5.97 Å². The summed E-state index contributed by atoms with van der Waals surface area (Å²) < 4.78 is 10.6. The molecule has 0 aliphatic carbocycles. The van der Waals surface area contributed by atoms with Crippen molar-refractivity contribution in [2.45, 2.75) is 6.92 Å². The lowest BCUT2D eigenvalue weighted by molar-refractivity contribution is 0.0734. The minimum absolute atomic E-state index is 0.270. The van der Waals surface area contributed by atoms with Crippen molar-refractivity contribution < 1.29 is 14.3 Å². The van der Waals surface area contributed by atoms with Gasteiger partial charge >= 0.3 is 5.97 Å². The zero-order valence-electron chi connectivity index (χ0n) is 12.9. The Balaban J connectivity index is 1.87. The number of nitriles is 1. The number of carbonyl (C=O) groups excluding carboxylic acids is 1. The number of carbonyl (C=O) groups is 1. The van der Waals surface area contributed by atoms with E-state index in [0.29, 0.717) is 21.9 Å². The van der Waals surface area contributed by atoms with Crippen molar-refractivity contribution in [1.29, 1.82) is 5.26 Å². The Morgan fingerprint density at radius 1 is 1.29 bits per heavy atom. The van der Waals surface area contributed by atoms with Gasteiger partial charge in [0.2, 0.25) is 0 Å². The monoisotopic (exact) mass is 356 g/mol. The molecule has 3 aromatic rings. The molecule has 0 bridgehead atoms. The van der Waals surface area contributed by atoms with Gasteiger partial charge in [-0.15, -0.1) is 11.3 Å². The van der Waals surface area contributed by atoms with Gasteiger partial charge in [-0.05, 0) is 30.5 Å². The highest BCUT2D eigenvalue weighted by Crippen LogP contribution is 2.32. The topological polar surface area (TPSA) is 72.2 Å². The summed E-state index contributed by atoms with van der Waals surface area (Å²) in [6.45, 7) is 1.78. The highest BCUT2D eigenvalue weighted by atomic mass is 32.1. The first-order valence-corrected chi connectivity index (χ1v) is 8.68. The van der Waals surface area contributed by atoms with Crippen LogP contribution in [-0.4, -0.2) is 18.1 Å². The molecule has 3 rings (SSSR count). The number of nitrogens with zero attached hydrogens (tertiary/aromatic N) is 2. The number of thiazole rings is 1. The molecule has 0 spiro atoms. The van der Waals surface area contributed by atoms with Gasteiger partial charge in [0.15, 0.2) is 11.5 Å². The van der Waals surface area contributed by atoms with Crippen molar-refractivity contribution in [3.8, 4) is 28.1 Å². The summed E-state index contributed by atoms with van der Waals surface area (Å²) in [5, 5.41) is 13.7. The molecule has 0 radical (unpaired) electrons. The molecule has 2 heterocycles. The standard InChI is InChI=1S/C17H12N2O3S2/c1-10-15(24-16(19-10)12-5-6-23-9-12)17(20)22-13-4-3-11(8-18)7-14(13)21-2/h3-7,9H,1-2H3. The normalized spacial score (nSPS) is 10.2. The van der Waals surface area contributed by atoms with Gasteiger partial charge in [0.1, 0.15) is 9.88 Å². The smallest absolute Gasteiger partial charge is 0.355 e. The van der Waals surface area contributed by atoms with Crippen LogP contribution >= 0.6 is 22.7 Å². The maximum atomic E-state index is 12.5. The maximum Gasteiger partial charge on any atom is 0.355 e. The van der Waals surface area contributed by atoms with Crippen LogP contribution in [0.5, 0.6) is 11.5 Å². The number of hydrogen-bond donors (Lipinski definition) is 0. The van der Waals surface area contributed by atoms with Crippen molar-refractivity contribution >= 4 is 28.6 Å². The molecule has 24 heavy (non-hydrogen) atoms. The molecule has 0 aliphatic heterocycles. The second-order valence-electron chi connectivity index (χ2n) is 4.81. The second kappa shape index (κ2) is 6.83. The fourth-order valence-corrected chi connectivity index (χ4v) is 3.72. The van der Waals surface area contributed by atoms with E-state index in [2.05, 4.69) is 4.98 Å². The Kier molecular flexibility index (Phi) is 4.60. The van der Waals surface area contributed by atoms with Crippen LogP contribution in [0.25, 0.3) is 10.6 Å². The van der Waals surface area contributed by atoms with E-state index in [1.54, 1.807) is 30.4 Å². The van der Waals surface area contributed by atoms with Crippen LogP contribution in [0, 0.1) is 18.3 Å². The van der Waals surface area contributed by atoms with Gasteiger partial charge in [-0.3, -0.25) is 0 Å². The Hall–Kier alpha value is -2.69. The molecule has 2 aromatic heterocycles. The number of methoxy groups -OCH3 is 1. The maximum absolute atomic E-state index is 12.5. The van der Waals surface area contributed by atoms with Gasteiger partial charge in [0.25, 0.3) is 0 Å². The first kappa shape index (κ1) is 16.2. The van der Waals surface area contributed by atoms with Gasteiger partial charge in [-0.2, -0.15) is 16.6 Å². The molecule has 0 fully saturated rings. The summed E-state index contributed by atoms with van der Waals surface area (Å²) in [4.78, 5) is 17.4. The van der Waals surface area contributed by atoms with Crippen LogP contribution in [-0.2, 0) is 0 Å². The molecule has 0 aliphatic rings. The number of rotatable bonds is 4. The molecule has 0 saturated heterocycles. The van der Waals surface area contributed by atoms with Crippen LogP contribution in [0.15, 0.2) is 35.0 Å². The lowest BCUT2D eigenvalue weighted by atomic mass is 10.2. The van der Waals surface area contributed by atoms with E-state index in [4.69, 9.17) is 14.7 Å². The number of aromatic nitrogens is 1. The SMILES string of the molecule is COc1cc(C#N)ccc1OC(=O)c1sc(-c2ccsc2)nc1C. The Bertz CT molecular complexity index is 924. The zero-order chi connectivity index (χ0) is 17.1. The van der Waals surface area contributed by atoms with Crippen LogP contribution < -0.4 is 9.47 Å². The predicted molar refractivity (Wildman–Crippen MR) is 92.8 cm³/mol. The molecule has 5 nitrogen and oxygen atoms in total. The van der Waals surface area contributed by atoms with E-state index in [-0.39, 0.29) is 5.75 Å². The van der Waals surface area contributed by atoms with Crippen molar-refractivity contribution in [1.82, 2.24) is 4.98 Å². The lowest BCUT2D eigenvalue weighted by Crippen LogP contribution is -2.09. The Morgan fingerprint density at radius 2 is 2.12 bits per heavy atom. The molecule has 0 unspecified atom stereocenters. The van der Waals surface area contributed by atoms with E-state index in [9.17, 15) is 4.79 Å². The molecular formula is C17H12N2O3S2. The fraction of sp³-hybridized carbons (Fsp3) is 0.118. The first-order chi connectivity index (χ1) is 11.6. The molecule has 0 atom stereocenters. The molecule has 0 N–H and O–H groups in total. The van der Waals surface area contributed by atoms with Crippen molar-refractivity contribution in [3.63, 3.8) is 0 Å². The lowest BCUT2D eigenvalue weighted by Gasteiger charge is -2.08. The van der Waals surface area contributed by atoms with Gasteiger partial charge in [-0.1, -0.05) is 0 Å². The van der Waals surface area contributed by atoms with Crippen molar-refractivity contribution in [2.24, 2.45) is 0 Å². The summed E-state index contributed by atoms with van der Waals surface area (Å²) in [6.07, 6.45) is 0. The van der Waals surface area contributed by atoms with E-state index in [1.165, 1.54) is 24.5 Å². The summed E-state index contributed by atoms with van der Waals surface area (Å²) >= 11 is 2.87. The minimum atomic E-state index is -0.491. The van der Waals surface area contributed by atoms with Crippen LogP contribution in [0.4, 0.5) is 0 Å². The van der Waals surface area contributed by atoms with Crippen molar-refractivity contribution in [3.05, 3.63) is 51.2 Å². The molecule has 0 amide bonds. The third kappa shape index (κ3) is 3.15. The largest absolute Gasteiger partial charge is 0.493 e. The number of thiophene rings is 1. The zero-order valence-corrected chi connectivity index (χ0v) is 14.5. The highest BCUT2D eigenvalue weighted by molar-refractivity contribution is 7.17. The number of aryl methyl sites for hydroxylation is 1. The molecule has 120 valence electrons. The average Bonchev–Trinajstić information content (AvgIpc) is 3.24. The van der Waals surface area contributed by atoms with E-state index in [0.717, 1.165) is 10.6 Å². The Labute approximate surface area is 146 Å².